The Bertz CT molecular complexity index is 668. The fraction of sp³-hybridized carbons (Fsp3) is 0.333. The molecule has 0 aliphatic carbocycles. The molecule has 5 nitrogen and oxygen atoms in total. The lowest BCUT2D eigenvalue weighted by Gasteiger charge is -2.19. The monoisotopic (exact) mass is 313 g/mol. The first-order chi connectivity index (χ1) is 10.7. The van der Waals surface area contributed by atoms with Crippen LogP contribution in [0.3, 0.4) is 0 Å². The van der Waals surface area contributed by atoms with Crippen molar-refractivity contribution in [1.29, 1.82) is 0 Å². The first kappa shape index (κ1) is 16.8. The predicted octanol–water partition coefficient (Wildman–Crippen LogP) is 4.79. The van der Waals surface area contributed by atoms with Gasteiger partial charge in [0.25, 0.3) is 0 Å². The molecule has 0 saturated carbocycles. The zero-order valence-corrected chi connectivity index (χ0v) is 14.2. The summed E-state index contributed by atoms with van der Waals surface area (Å²) in [7, 11) is 0. The average Bonchev–Trinajstić information content (AvgIpc) is 2.43. The molecule has 0 bridgehead atoms. The van der Waals surface area contributed by atoms with Gasteiger partial charge < -0.3 is 10.1 Å². The SMILES string of the molecule is Cc1cccc(C)c1Nc1ccc(NC(=O)OC(C)(C)C)nc1. The Kier molecular flexibility index (Phi) is 4.89. The van der Waals surface area contributed by atoms with Crippen LogP contribution in [0.1, 0.15) is 31.9 Å². The number of benzene rings is 1. The van der Waals surface area contributed by atoms with E-state index in [-0.39, 0.29) is 0 Å². The molecule has 2 aromatic rings. The molecule has 1 aromatic carbocycles. The lowest BCUT2D eigenvalue weighted by Crippen LogP contribution is -2.27. The molecule has 0 atom stereocenters. The summed E-state index contributed by atoms with van der Waals surface area (Å²) in [4.78, 5) is 15.9. The van der Waals surface area contributed by atoms with Crippen LogP contribution < -0.4 is 10.6 Å². The molecule has 1 aromatic heterocycles. The van der Waals surface area contributed by atoms with Crippen LogP contribution >= 0.6 is 0 Å². The van der Waals surface area contributed by atoms with Crippen LogP contribution in [0.15, 0.2) is 36.5 Å². The van der Waals surface area contributed by atoms with Crippen LogP contribution in [-0.2, 0) is 4.74 Å². The highest BCUT2D eigenvalue weighted by Crippen LogP contribution is 2.24. The van der Waals surface area contributed by atoms with Crippen molar-refractivity contribution in [2.75, 3.05) is 10.6 Å². The van der Waals surface area contributed by atoms with Gasteiger partial charge >= 0.3 is 6.09 Å². The maximum atomic E-state index is 11.7. The highest BCUT2D eigenvalue weighted by atomic mass is 16.6. The van der Waals surface area contributed by atoms with Crippen molar-refractivity contribution in [1.82, 2.24) is 4.98 Å². The lowest BCUT2D eigenvalue weighted by molar-refractivity contribution is 0.0635. The van der Waals surface area contributed by atoms with E-state index in [1.54, 1.807) is 12.3 Å². The van der Waals surface area contributed by atoms with Gasteiger partial charge in [-0.15, -0.1) is 0 Å². The van der Waals surface area contributed by atoms with Gasteiger partial charge in [0.1, 0.15) is 11.4 Å². The third-order valence-corrected chi connectivity index (χ3v) is 3.14. The molecule has 0 aliphatic heterocycles. The molecule has 0 saturated heterocycles. The second kappa shape index (κ2) is 6.69. The second-order valence-corrected chi connectivity index (χ2v) is 6.45. The molecule has 2 rings (SSSR count). The summed E-state index contributed by atoms with van der Waals surface area (Å²) in [5, 5.41) is 5.97. The van der Waals surface area contributed by atoms with E-state index in [1.807, 2.05) is 32.9 Å². The van der Waals surface area contributed by atoms with Gasteiger partial charge in [0.15, 0.2) is 0 Å². The molecule has 0 spiro atoms. The number of para-hydroxylation sites is 1. The van der Waals surface area contributed by atoms with E-state index < -0.39 is 11.7 Å². The Hall–Kier alpha value is -2.56. The van der Waals surface area contributed by atoms with Crippen molar-refractivity contribution in [3.05, 3.63) is 47.7 Å². The topological polar surface area (TPSA) is 63.2 Å². The van der Waals surface area contributed by atoms with E-state index in [2.05, 4.69) is 41.6 Å². The Morgan fingerprint density at radius 2 is 1.74 bits per heavy atom. The minimum absolute atomic E-state index is 0.450. The van der Waals surface area contributed by atoms with E-state index in [4.69, 9.17) is 4.74 Å². The van der Waals surface area contributed by atoms with Gasteiger partial charge in [-0.05, 0) is 57.9 Å². The molecule has 5 heteroatoms. The zero-order valence-electron chi connectivity index (χ0n) is 14.2. The molecule has 0 fully saturated rings. The van der Waals surface area contributed by atoms with Crippen molar-refractivity contribution in [2.24, 2.45) is 0 Å². The van der Waals surface area contributed by atoms with Gasteiger partial charge in [-0.1, -0.05) is 18.2 Å². The average molecular weight is 313 g/mol. The number of amides is 1. The van der Waals surface area contributed by atoms with Crippen molar-refractivity contribution < 1.29 is 9.53 Å². The smallest absolute Gasteiger partial charge is 0.413 e. The number of carbonyl (C=O) groups excluding carboxylic acids is 1. The summed E-state index contributed by atoms with van der Waals surface area (Å²) in [6.07, 6.45) is 1.17. The van der Waals surface area contributed by atoms with Gasteiger partial charge in [0.05, 0.1) is 11.9 Å². The maximum Gasteiger partial charge on any atom is 0.413 e. The number of anilines is 3. The number of nitrogens with one attached hydrogen (secondary N) is 2. The minimum Gasteiger partial charge on any atom is -0.444 e. The van der Waals surface area contributed by atoms with Crippen molar-refractivity contribution in [2.45, 2.75) is 40.2 Å². The van der Waals surface area contributed by atoms with Gasteiger partial charge in [-0.3, -0.25) is 5.32 Å². The standard InChI is InChI=1S/C18H23N3O2/c1-12-7-6-8-13(2)16(12)20-14-9-10-15(19-11-14)21-17(22)23-18(3,4)5/h6-11,20H,1-5H3,(H,19,21,22). The van der Waals surface area contributed by atoms with Crippen molar-refractivity contribution >= 4 is 23.3 Å². The third-order valence-electron chi connectivity index (χ3n) is 3.14. The number of aryl methyl sites for hydroxylation is 2. The van der Waals surface area contributed by atoms with Crippen LogP contribution in [0.25, 0.3) is 0 Å². The first-order valence-corrected chi connectivity index (χ1v) is 7.54. The number of nitrogens with zero attached hydrogens (tertiary/aromatic N) is 1. The molecule has 0 radical (unpaired) electrons. The number of rotatable bonds is 3. The summed E-state index contributed by atoms with van der Waals surface area (Å²) in [6, 6.07) is 9.75. The number of carbonyl (C=O) groups is 1. The third kappa shape index (κ3) is 4.98. The van der Waals surface area contributed by atoms with Crippen molar-refractivity contribution in [3.63, 3.8) is 0 Å². The molecule has 0 unspecified atom stereocenters. The van der Waals surface area contributed by atoms with Crippen LogP contribution in [0.2, 0.25) is 0 Å². The second-order valence-electron chi connectivity index (χ2n) is 6.45. The molecule has 23 heavy (non-hydrogen) atoms. The van der Waals surface area contributed by atoms with E-state index >= 15 is 0 Å². The Balaban J connectivity index is 2.04. The minimum atomic E-state index is -0.534. The molecule has 122 valence electrons. The summed E-state index contributed by atoms with van der Waals surface area (Å²) >= 11 is 0. The van der Waals surface area contributed by atoms with E-state index in [0.717, 1.165) is 11.4 Å². The normalized spacial score (nSPS) is 11.0. The van der Waals surface area contributed by atoms with E-state index in [1.165, 1.54) is 11.1 Å². The fourth-order valence-electron chi connectivity index (χ4n) is 2.11. The van der Waals surface area contributed by atoms with Gasteiger partial charge in [0, 0.05) is 5.69 Å². The number of aromatic nitrogens is 1. The van der Waals surface area contributed by atoms with Crippen LogP contribution in [0.5, 0.6) is 0 Å². The van der Waals surface area contributed by atoms with E-state index in [0.29, 0.717) is 5.82 Å². The highest BCUT2D eigenvalue weighted by Gasteiger charge is 2.16. The molecule has 0 aliphatic rings. The summed E-state index contributed by atoms with van der Waals surface area (Å²) in [6.45, 7) is 9.56. The molecular weight excluding hydrogens is 290 g/mol. The fourth-order valence-corrected chi connectivity index (χ4v) is 2.11. The number of hydrogen-bond donors (Lipinski definition) is 2. The van der Waals surface area contributed by atoms with Crippen LogP contribution in [-0.4, -0.2) is 16.7 Å². The quantitative estimate of drug-likeness (QED) is 0.855. The van der Waals surface area contributed by atoms with Crippen LogP contribution in [0, 0.1) is 13.8 Å². The summed E-state index contributed by atoms with van der Waals surface area (Å²) < 4.78 is 5.19. The number of ether oxygens (including phenoxy) is 1. The summed E-state index contributed by atoms with van der Waals surface area (Å²) in [5.74, 6) is 0.450. The van der Waals surface area contributed by atoms with Crippen molar-refractivity contribution in [3.8, 4) is 0 Å². The maximum absolute atomic E-state index is 11.7. The first-order valence-electron chi connectivity index (χ1n) is 7.54. The number of pyridine rings is 1. The number of hydrogen-bond acceptors (Lipinski definition) is 4. The molecule has 1 heterocycles. The predicted molar refractivity (Wildman–Crippen MR) is 93.3 cm³/mol. The zero-order chi connectivity index (χ0) is 17.0. The Morgan fingerprint density at radius 3 is 2.26 bits per heavy atom. The highest BCUT2D eigenvalue weighted by molar-refractivity contribution is 5.83. The largest absolute Gasteiger partial charge is 0.444 e. The summed E-state index contributed by atoms with van der Waals surface area (Å²) in [5.41, 5.74) is 3.73. The van der Waals surface area contributed by atoms with Gasteiger partial charge in [-0.25, -0.2) is 9.78 Å². The van der Waals surface area contributed by atoms with E-state index in [9.17, 15) is 4.79 Å². The molecule has 1 amide bonds. The van der Waals surface area contributed by atoms with Gasteiger partial charge in [-0.2, -0.15) is 0 Å². The Morgan fingerprint density at radius 1 is 1.09 bits per heavy atom. The molecule has 2 N–H and O–H groups in total. The Labute approximate surface area is 137 Å². The molecular formula is C18H23N3O2. The lowest BCUT2D eigenvalue weighted by atomic mass is 10.1. The van der Waals surface area contributed by atoms with Crippen LogP contribution in [0.4, 0.5) is 22.0 Å². The van der Waals surface area contributed by atoms with Gasteiger partial charge in [0.2, 0.25) is 0 Å².